The minimum Gasteiger partial charge on any atom is -0.404 e. The van der Waals surface area contributed by atoms with Crippen molar-refractivity contribution in [3.05, 3.63) is 65.7 Å². The molecule has 23 heteroatoms. The van der Waals surface area contributed by atoms with E-state index in [-0.39, 0.29) is 31.0 Å². The van der Waals surface area contributed by atoms with E-state index in [1.807, 2.05) is 0 Å². The molecule has 2 saturated heterocycles. The number of nitrogens with one attached hydrogen (secondary N) is 5. The van der Waals surface area contributed by atoms with Crippen molar-refractivity contribution in [3.8, 4) is 5.75 Å². The summed E-state index contributed by atoms with van der Waals surface area (Å²) in [6.07, 6.45) is 0.799. The van der Waals surface area contributed by atoms with Gasteiger partial charge in [-0.15, -0.1) is 0 Å². The van der Waals surface area contributed by atoms with Gasteiger partial charge >= 0.3 is 7.82 Å². The molecule has 11 N–H and O–H groups in total. The maximum absolute atomic E-state index is 14.4. The Balaban J connectivity index is 1.61. The third kappa shape index (κ3) is 15.6. The summed E-state index contributed by atoms with van der Waals surface area (Å²) in [5, 5.41) is 13.1. The second-order valence-corrected chi connectivity index (χ2v) is 18.6. The molecular formula is C44H62N9O13P. The van der Waals surface area contributed by atoms with Crippen LogP contribution in [0.5, 0.6) is 5.75 Å². The first-order valence-corrected chi connectivity index (χ1v) is 23.5. The molecule has 0 bridgehead atoms. The third-order valence-corrected chi connectivity index (χ3v) is 11.9. The van der Waals surface area contributed by atoms with Gasteiger partial charge in [0.2, 0.25) is 53.2 Å². The molecule has 7 atom stereocenters. The summed E-state index contributed by atoms with van der Waals surface area (Å²) in [7, 11) is -4.92. The van der Waals surface area contributed by atoms with Crippen LogP contribution in [0.1, 0.15) is 77.8 Å². The molecule has 22 nitrogen and oxygen atoms in total. The van der Waals surface area contributed by atoms with Gasteiger partial charge in [0.05, 0.1) is 6.42 Å². The zero-order valence-corrected chi connectivity index (χ0v) is 39.0. The number of carbonyl (C=O) groups excluding carboxylic acids is 9. The molecule has 0 spiro atoms. The van der Waals surface area contributed by atoms with Gasteiger partial charge in [-0.25, -0.2) is 4.57 Å². The summed E-state index contributed by atoms with van der Waals surface area (Å²) in [6, 6.07) is 5.26. The van der Waals surface area contributed by atoms with Crippen molar-refractivity contribution in [3.63, 3.8) is 0 Å². The van der Waals surface area contributed by atoms with Crippen LogP contribution in [-0.2, 0) is 60.6 Å². The maximum atomic E-state index is 14.4. The Labute approximate surface area is 388 Å². The number of nitrogens with zero attached hydrogens (tertiary/aromatic N) is 2. The number of primary amides is 2. The summed E-state index contributed by atoms with van der Waals surface area (Å²) >= 11 is 0. The average Bonchev–Trinajstić information content (AvgIpc) is 3.95. The zero-order chi connectivity index (χ0) is 49.7. The maximum Gasteiger partial charge on any atom is 0.524 e. The number of likely N-dealkylation sites (tertiary alicyclic amines) is 2. The number of carbonyl (C=O) groups is 9. The molecule has 2 fully saturated rings. The number of hydrogen-bond donors (Lipinski definition) is 9. The number of amides is 9. The lowest BCUT2D eigenvalue weighted by molar-refractivity contribution is -0.142. The van der Waals surface area contributed by atoms with Crippen LogP contribution in [0.2, 0.25) is 0 Å². The third-order valence-electron chi connectivity index (χ3n) is 11.5. The van der Waals surface area contributed by atoms with Gasteiger partial charge in [0.25, 0.3) is 0 Å². The molecule has 2 aromatic carbocycles. The van der Waals surface area contributed by atoms with Crippen LogP contribution in [-0.4, -0.2) is 128 Å². The first kappa shape index (κ1) is 53.2. The summed E-state index contributed by atoms with van der Waals surface area (Å²) in [6.45, 7) is 8.39. The van der Waals surface area contributed by atoms with Gasteiger partial charge in [0.15, 0.2) is 0 Å². The Morgan fingerprint density at radius 3 is 1.69 bits per heavy atom. The summed E-state index contributed by atoms with van der Waals surface area (Å²) < 4.78 is 16.1. The van der Waals surface area contributed by atoms with Crippen LogP contribution in [0.15, 0.2) is 54.6 Å². The first-order chi connectivity index (χ1) is 31.4. The number of nitrogens with two attached hydrogens (primary N) is 2. The SMILES string of the molecule is CC(=O)N1CCC[C@H]1C(=O)N[C@@H](Cc1ccccc1)C(=O)N[C@@H](Cc1ccc(OP(=O)(O)O)cc1)C(=O)N[C@H](C(=O)N[C@@H](CC(N)=O)C(=O)N[C@H](C(=O)N1CCC[C@H]1C(N)=O)C(C)C)C(C)C. The molecule has 2 aliphatic rings. The number of hydrogen-bond acceptors (Lipinski definition) is 11. The van der Waals surface area contributed by atoms with E-state index >= 15 is 0 Å². The van der Waals surface area contributed by atoms with E-state index in [9.17, 15) is 57.5 Å². The van der Waals surface area contributed by atoms with E-state index in [4.69, 9.17) is 11.5 Å². The number of benzene rings is 2. The highest BCUT2D eigenvalue weighted by Gasteiger charge is 2.40. The van der Waals surface area contributed by atoms with E-state index in [2.05, 4.69) is 31.1 Å². The van der Waals surface area contributed by atoms with Gasteiger partial charge < -0.3 is 52.4 Å². The van der Waals surface area contributed by atoms with Crippen LogP contribution < -0.4 is 42.6 Å². The molecule has 0 unspecified atom stereocenters. The van der Waals surface area contributed by atoms with Crippen LogP contribution in [0.4, 0.5) is 0 Å². The highest BCUT2D eigenvalue weighted by molar-refractivity contribution is 7.46. The van der Waals surface area contributed by atoms with E-state index in [1.54, 1.807) is 58.0 Å². The minimum atomic E-state index is -4.92. The monoisotopic (exact) mass is 955 g/mol. The van der Waals surface area contributed by atoms with Gasteiger partial charge in [0, 0.05) is 32.9 Å². The van der Waals surface area contributed by atoms with Gasteiger partial charge in [0.1, 0.15) is 48.0 Å². The second-order valence-electron chi connectivity index (χ2n) is 17.4. The van der Waals surface area contributed by atoms with Crippen LogP contribution >= 0.6 is 7.82 Å². The molecule has 9 amide bonds. The highest BCUT2D eigenvalue weighted by Crippen LogP contribution is 2.37. The van der Waals surface area contributed by atoms with Crippen molar-refractivity contribution in [1.82, 2.24) is 36.4 Å². The van der Waals surface area contributed by atoms with Crippen molar-refractivity contribution in [1.29, 1.82) is 0 Å². The van der Waals surface area contributed by atoms with Crippen molar-refractivity contribution < 1.29 is 62.0 Å². The molecule has 2 aromatic rings. The van der Waals surface area contributed by atoms with Gasteiger partial charge in [-0.05, 0) is 60.8 Å². The van der Waals surface area contributed by atoms with Crippen molar-refractivity contribution in [2.45, 2.75) is 122 Å². The predicted molar refractivity (Wildman–Crippen MR) is 240 cm³/mol. The zero-order valence-electron chi connectivity index (χ0n) is 38.1. The molecule has 2 aliphatic heterocycles. The molecule has 0 aromatic heterocycles. The van der Waals surface area contributed by atoms with E-state index in [0.717, 1.165) is 0 Å². The largest absolute Gasteiger partial charge is 0.524 e. The first-order valence-electron chi connectivity index (χ1n) is 22.0. The van der Waals surface area contributed by atoms with E-state index in [1.165, 1.54) is 41.0 Å². The van der Waals surface area contributed by atoms with Crippen molar-refractivity contribution in [2.24, 2.45) is 23.3 Å². The van der Waals surface area contributed by atoms with E-state index < -0.39 is 116 Å². The van der Waals surface area contributed by atoms with Crippen LogP contribution in [0.25, 0.3) is 0 Å². The molecule has 0 radical (unpaired) electrons. The fourth-order valence-electron chi connectivity index (χ4n) is 8.02. The van der Waals surface area contributed by atoms with Gasteiger partial charge in [-0.3, -0.25) is 52.9 Å². The lowest BCUT2D eigenvalue weighted by Crippen LogP contribution is -2.62. The smallest absolute Gasteiger partial charge is 0.404 e. The van der Waals surface area contributed by atoms with Crippen molar-refractivity contribution in [2.75, 3.05) is 13.1 Å². The number of phosphoric ester groups is 1. The summed E-state index contributed by atoms with van der Waals surface area (Å²) in [4.78, 5) is 142. The lowest BCUT2D eigenvalue weighted by Gasteiger charge is -2.31. The Kier molecular flexibility index (Phi) is 19.0. The van der Waals surface area contributed by atoms with Crippen LogP contribution in [0, 0.1) is 11.8 Å². The van der Waals surface area contributed by atoms with E-state index in [0.29, 0.717) is 43.4 Å². The topological polar surface area (TPSA) is 339 Å². The molecular weight excluding hydrogens is 894 g/mol. The molecule has 4 rings (SSSR count). The Morgan fingerprint density at radius 2 is 1.15 bits per heavy atom. The Bertz CT molecular complexity index is 2190. The Hall–Kier alpha value is -6.38. The number of rotatable bonds is 22. The predicted octanol–water partition coefficient (Wildman–Crippen LogP) is -0.958. The second kappa shape index (κ2) is 23.9. The molecule has 2 heterocycles. The molecule has 366 valence electrons. The summed E-state index contributed by atoms with van der Waals surface area (Å²) in [5.41, 5.74) is 12.0. The quantitative estimate of drug-likeness (QED) is 0.0644. The standard InChI is InChI=1S/C44H62N9O13P/c1-24(2)36(43(61)49-32(23-35(45)55)41(59)51-37(25(3)4)44(62)53-20-9-13-33(53)38(46)56)50-40(58)31(22-28-15-17-29(18-16-28)66-67(63,64)65)47-39(57)30(21-27-11-7-6-8-12-27)48-42(60)34-14-10-19-52(34)26(5)54/h6-8,11-12,15-18,24-25,30-34,36-37H,9-10,13-14,19-23H2,1-5H3,(H2,45,55)(H2,46,56)(H,47,57)(H,48,60)(H,49,61)(H,50,58)(H,51,59)(H2,63,64,65)/t30-,31-,32-,33-,34-,36-,37-/m0/s1. The molecule has 0 aliphatic carbocycles. The van der Waals surface area contributed by atoms with Gasteiger partial charge in [-0.2, -0.15) is 0 Å². The Morgan fingerprint density at radius 1 is 0.657 bits per heavy atom. The fourth-order valence-corrected chi connectivity index (χ4v) is 8.41. The van der Waals surface area contributed by atoms with Crippen LogP contribution in [0.3, 0.4) is 0 Å². The van der Waals surface area contributed by atoms with Crippen molar-refractivity contribution >= 4 is 61.0 Å². The fraction of sp³-hybridized carbons (Fsp3) is 0.523. The van der Waals surface area contributed by atoms with Gasteiger partial charge in [-0.1, -0.05) is 70.2 Å². The molecule has 0 saturated carbocycles. The highest BCUT2D eigenvalue weighted by atomic mass is 31.2. The lowest BCUT2D eigenvalue weighted by atomic mass is 9.99. The number of phosphoric acid groups is 1. The molecule has 67 heavy (non-hydrogen) atoms. The average molecular weight is 956 g/mol. The normalized spacial score (nSPS) is 18.2. The minimum absolute atomic E-state index is 0.0265. The summed E-state index contributed by atoms with van der Waals surface area (Å²) in [5.74, 6) is -8.15.